The Labute approximate surface area is 133 Å². The molecule has 0 unspecified atom stereocenters. The molecule has 0 aliphatic heterocycles. The van der Waals surface area contributed by atoms with Crippen LogP contribution in [0.2, 0.25) is 0 Å². The Hall–Kier alpha value is -3.15. The highest BCUT2D eigenvalue weighted by atomic mass is 16.7. The number of carboxylic acid groups (broad SMARTS) is 1. The number of rotatable bonds is 7. The Morgan fingerprint density at radius 2 is 2.04 bits per heavy atom. The summed E-state index contributed by atoms with van der Waals surface area (Å²) in [5.74, 6) is -0.910. The number of hydrogen-bond acceptors (Lipinski definition) is 5. The summed E-state index contributed by atoms with van der Waals surface area (Å²) in [5, 5.41) is 18.5. The molecule has 1 aromatic carbocycles. The number of hydrogen-bond donors (Lipinski definition) is 2. The van der Waals surface area contributed by atoms with Gasteiger partial charge in [-0.2, -0.15) is 0 Å². The third-order valence-electron chi connectivity index (χ3n) is 2.83. The molecule has 0 fully saturated rings. The zero-order chi connectivity index (χ0) is 17.2. The average Bonchev–Trinajstić information content (AvgIpc) is 2.52. The first-order valence-electron chi connectivity index (χ1n) is 6.70. The van der Waals surface area contributed by atoms with E-state index in [4.69, 9.17) is 5.11 Å². The van der Waals surface area contributed by atoms with Crippen LogP contribution in [0, 0.1) is 0 Å². The highest BCUT2D eigenvalue weighted by Crippen LogP contribution is 2.34. The second kappa shape index (κ2) is 8.99. The standard InChI is InChI=1S/C17H16O6/c1-2-3-4-6-12(7-5-8-18)13-9-14(11-19)16(20)15(10-13)23-17(21)22/h2-3,5-11,20H,4H2,1H3,(H,21,22)/b3-2-,7-5+,12-6+. The molecular formula is C17H16O6. The van der Waals surface area contributed by atoms with Crippen molar-refractivity contribution in [3.8, 4) is 11.5 Å². The predicted octanol–water partition coefficient (Wildman–Crippen LogP) is 3.37. The monoisotopic (exact) mass is 316 g/mol. The van der Waals surface area contributed by atoms with E-state index in [1.165, 1.54) is 24.3 Å². The van der Waals surface area contributed by atoms with Crippen molar-refractivity contribution in [3.63, 3.8) is 0 Å². The summed E-state index contributed by atoms with van der Waals surface area (Å²) in [6.45, 7) is 1.86. The van der Waals surface area contributed by atoms with Gasteiger partial charge in [-0.1, -0.05) is 24.3 Å². The smallest absolute Gasteiger partial charge is 0.504 e. The minimum atomic E-state index is -1.61. The van der Waals surface area contributed by atoms with Crippen LogP contribution in [0.4, 0.5) is 4.79 Å². The van der Waals surface area contributed by atoms with E-state index in [2.05, 4.69) is 4.74 Å². The molecule has 1 rings (SSSR count). The van der Waals surface area contributed by atoms with Gasteiger partial charge in [0.25, 0.3) is 0 Å². The molecule has 0 spiro atoms. The van der Waals surface area contributed by atoms with E-state index in [0.717, 1.165) is 0 Å². The van der Waals surface area contributed by atoms with Crippen molar-refractivity contribution >= 4 is 24.3 Å². The second-order valence-corrected chi connectivity index (χ2v) is 4.36. The molecule has 1 aromatic rings. The van der Waals surface area contributed by atoms with E-state index in [1.807, 2.05) is 19.1 Å². The van der Waals surface area contributed by atoms with Gasteiger partial charge in [-0.3, -0.25) is 9.59 Å². The highest BCUT2D eigenvalue weighted by Gasteiger charge is 2.14. The molecule has 0 saturated heterocycles. The van der Waals surface area contributed by atoms with Crippen LogP contribution in [0.15, 0.2) is 42.5 Å². The Kier molecular flexibility index (Phi) is 7.00. The molecular weight excluding hydrogens is 300 g/mol. The van der Waals surface area contributed by atoms with Crippen LogP contribution in [0.5, 0.6) is 11.5 Å². The molecule has 0 amide bonds. The Bertz CT molecular complexity index is 683. The molecule has 0 radical (unpaired) electrons. The number of phenols is 1. The van der Waals surface area contributed by atoms with Crippen molar-refractivity contribution in [1.29, 1.82) is 0 Å². The van der Waals surface area contributed by atoms with Gasteiger partial charge in [0.1, 0.15) is 6.29 Å². The van der Waals surface area contributed by atoms with Crippen LogP contribution in [0.3, 0.4) is 0 Å². The van der Waals surface area contributed by atoms with Crippen molar-refractivity contribution < 1.29 is 29.3 Å². The lowest BCUT2D eigenvalue weighted by Gasteiger charge is -2.10. The maximum Gasteiger partial charge on any atom is 0.511 e. The lowest BCUT2D eigenvalue weighted by Crippen LogP contribution is -2.04. The molecule has 6 nitrogen and oxygen atoms in total. The topological polar surface area (TPSA) is 101 Å². The lowest BCUT2D eigenvalue weighted by molar-refractivity contribution is -0.104. The average molecular weight is 316 g/mol. The van der Waals surface area contributed by atoms with Gasteiger partial charge in [-0.05, 0) is 42.7 Å². The number of aldehydes is 2. The normalized spacial score (nSPS) is 11.8. The third kappa shape index (κ3) is 5.28. The Morgan fingerprint density at radius 3 is 2.61 bits per heavy atom. The molecule has 0 aliphatic rings. The van der Waals surface area contributed by atoms with Gasteiger partial charge >= 0.3 is 6.16 Å². The van der Waals surface area contributed by atoms with E-state index < -0.39 is 11.9 Å². The minimum Gasteiger partial charge on any atom is -0.504 e. The SMILES string of the molecule is C/C=C\C/C=C(\C=C\C=O)c1cc(C=O)c(O)c(OC(=O)O)c1. The number of carbonyl (C=O) groups is 3. The molecule has 0 aromatic heterocycles. The highest BCUT2D eigenvalue weighted by molar-refractivity contribution is 5.87. The van der Waals surface area contributed by atoms with Crippen LogP contribution in [-0.2, 0) is 4.79 Å². The fourth-order valence-corrected chi connectivity index (χ4v) is 1.81. The van der Waals surface area contributed by atoms with Crippen LogP contribution in [-0.4, -0.2) is 28.9 Å². The van der Waals surface area contributed by atoms with E-state index in [1.54, 1.807) is 6.08 Å². The number of allylic oxidation sites excluding steroid dienone is 6. The van der Waals surface area contributed by atoms with Crippen molar-refractivity contribution in [2.24, 2.45) is 0 Å². The molecule has 23 heavy (non-hydrogen) atoms. The summed E-state index contributed by atoms with van der Waals surface area (Å²) in [6, 6.07) is 2.67. The molecule has 2 N–H and O–H groups in total. The number of carbonyl (C=O) groups excluding carboxylic acids is 2. The number of phenolic OH excluding ortho intramolecular Hbond substituents is 1. The Balaban J connectivity index is 3.42. The maximum absolute atomic E-state index is 11.0. The van der Waals surface area contributed by atoms with Gasteiger partial charge in [0, 0.05) is 0 Å². The largest absolute Gasteiger partial charge is 0.511 e. The van der Waals surface area contributed by atoms with Crippen LogP contribution >= 0.6 is 0 Å². The molecule has 0 heterocycles. The summed E-state index contributed by atoms with van der Waals surface area (Å²) >= 11 is 0. The predicted molar refractivity (Wildman–Crippen MR) is 84.8 cm³/mol. The molecule has 120 valence electrons. The van der Waals surface area contributed by atoms with Gasteiger partial charge in [0.05, 0.1) is 5.56 Å². The summed E-state index contributed by atoms with van der Waals surface area (Å²) in [5.41, 5.74) is 0.896. The minimum absolute atomic E-state index is 0.116. The van der Waals surface area contributed by atoms with E-state index in [0.29, 0.717) is 30.1 Å². The second-order valence-electron chi connectivity index (χ2n) is 4.36. The van der Waals surface area contributed by atoms with Crippen molar-refractivity contribution in [2.75, 3.05) is 0 Å². The van der Waals surface area contributed by atoms with E-state index in [9.17, 15) is 19.5 Å². The first-order chi connectivity index (χ1) is 11.0. The van der Waals surface area contributed by atoms with Gasteiger partial charge in [0.15, 0.2) is 17.8 Å². The summed E-state index contributed by atoms with van der Waals surface area (Å²) in [4.78, 5) is 32.3. The molecule has 0 bridgehead atoms. The quantitative estimate of drug-likeness (QED) is 0.200. The fraction of sp³-hybridized carbons (Fsp3) is 0.118. The van der Waals surface area contributed by atoms with Crippen LogP contribution < -0.4 is 4.74 Å². The van der Waals surface area contributed by atoms with Gasteiger partial charge in [-0.25, -0.2) is 4.79 Å². The van der Waals surface area contributed by atoms with Crippen molar-refractivity contribution in [2.45, 2.75) is 13.3 Å². The van der Waals surface area contributed by atoms with Crippen molar-refractivity contribution in [1.82, 2.24) is 0 Å². The molecule has 0 atom stereocenters. The summed E-state index contributed by atoms with van der Waals surface area (Å²) in [7, 11) is 0. The van der Waals surface area contributed by atoms with Crippen molar-refractivity contribution in [3.05, 3.63) is 53.6 Å². The molecule has 0 saturated carbocycles. The zero-order valence-corrected chi connectivity index (χ0v) is 12.4. The van der Waals surface area contributed by atoms with Gasteiger partial charge < -0.3 is 14.9 Å². The lowest BCUT2D eigenvalue weighted by atomic mass is 10.0. The third-order valence-corrected chi connectivity index (χ3v) is 2.83. The van der Waals surface area contributed by atoms with Gasteiger partial charge in [0.2, 0.25) is 0 Å². The number of benzene rings is 1. The van der Waals surface area contributed by atoms with E-state index >= 15 is 0 Å². The summed E-state index contributed by atoms with van der Waals surface area (Å²) in [6.07, 6.45) is 8.24. The molecule has 6 heteroatoms. The first-order valence-corrected chi connectivity index (χ1v) is 6.70. The first kappa shape index (κ1) is 17.9. The van der Waals surface area contributed by atoms with Crippen LogP contribution in [0.1, 0.15) is 29.3 Å². The van der Waals surface area contributed by atoms with E-state index in [-0.39, 0.29) is 11.3 Å². The number of aromatic hydroxyl groups is 1. The Morgan fingerprint density at radius 1 is 1.30 bits per heavy atom. The van der Waals surface area contributed by atoms with Gasteiger partial charge in [-0.15, -0.1) is 0 Å². The fourth-order valence-electron chi connectivity index (χ4n) is 1.81. The molecule has 0 aliphatic carbocycles. The maximum atomic E-state index is 11.0. The van der Waals surface area contributed by atoms with Crippen LogP contribution in [0.25, 0.3) is 5.57 Å². The number of ether oxygens (including phenoxy) is 1. The summed E-state index contributed by atoms with van der Waals surface area (Å²) < 4.78 is 4.48. The zero-order valence-electron chi connectivity index (χ0n) is 12.4.